The zero-order valence-corrected chi connectivity index (χ0v) is 23.2. The summed E-state index contributed by atoms with van der Waals surface area (Å²) in [6, 6.07) is 17.3. The van der Waals surface area contributed by atoms with Crippen molar-refractivity contribution < 1.29 is 0 Å². The summed E-state index contributed by atoms with van der Waals surface area (Å²) in [4.78, 5) is 2.19. The van der Waals surface area contributed by atoms with Crippen molar-refractivity contribution in [2.45, 2.75) is 52.4 Å². The number of benzene rings is 2. The minimum Gasteiger partial charge on any atom is -0.116 e. The van der Waals surface area contributed by atoms with Gasteiger partial charge >= 0.3 is 0 Å². The van der Waals surface area contributed by atoms with Gasteiger partial charge in [-0.1, -0.05) is 62.8 Å². The highest BCUT2D eigenvalue weighted by molar-refractivity contribution is 14.1. The lowest BCUT2D eigenvalue weighted by atomic mass is 10.1. The Morgan fingerprint density at radius 1 is 0.613 bits per heavy atom. The van der Waals surface area contributed by atoms with Crippen LogP contribution >= 0.6 is 56.5 Å². The van der Waals surface area contributed by atoms with Crippen LogP contribution in [0.3, 0.4) is 0 Å². The Morgan fingerprint density at radius 2 is 1.00 bits per heavy atom. The average Bonchev–Trinajstić information content (AvgIpc) is 3.08. The number of thiophene rings is 1. The molecule has 0 aliphatic rings. The number of hydrogen-bond donors (Lipinski definition) is 0. The van der Waals surface area contributed by atoms with E-state index in [-0.39, 0.29) is 0 Å². The van der Waals surface area contributed by atoms with Gasteiger partial charge in [-0.25, -0.2) is 0 Å². The van der Waals surface area contributed by atoms with Gasteiger partial charge in [0.1, 0.15) is 0 Å². The zero-order valence-electron chi connectivity index (χ0n) is 18.0. The Balaban J connectivity index is 1.73. The molecule has 0 spiro atoms. The second kappa shape index (κ2) is 12.7. The first-order chi connectivity index (χ1) is 15.1. The van der Waals surface area contributed by atoms with E-state index in [1.807, 2.05) is 0 Å². The monoisotopic (exact) mass is 648 g/mol. The molecule has 3 rings (SSSR count). The second-order valence-corrected chi connectivity index (χ2v) is 10.7. The van der Waals surface area contributed by atoms with Crippen molar-refractivity contribution in [2.75, 3.05) is 0 Å². The van der Waals surface area contributed by atoms with Gasteiger partial charge in [0.15, 0.2) is 0 Å². The molecule has 0 saturated heterocycles. The van der Waals surface area contributed by atoms with Crippen molar-refractivity contribution in [3.63, 3.8) is 0 Å². The highest BCUT2D eigenvalue weighted by atomic mass is 127. The lowest BCUT2D eigenvalue weighted by molar-refractivity contribution is 0.795. The van der Waals surface area contributed by atoms with Gasteiger partial charge in [-0.05, 0) is 118 Å². The van der Waals surface area contributed by atoms with E-state index in [1.165, 1.54) is 44.0 Å². The van der Waals surface area contributed by atoms with Crippen molar-refractivity contribution in [1.82, 2.24) is 0 Å². The maximum Gasteiger partial charge on any atom is 0.0929 e. The SMILES string of the molecule is CCCCc1ccc(C#Cc2sc(C#Cc3ccc(CCCC)cc3)c(I)c2I)cc1. The highest BCUT2D eigenvalue weighted by Crippen LogP contribution is 2.30. The molecule has 158 valence electrons. The zero-order chi connectivity index (χ0) is 22.1. The van der Waals surface area contributed by atoms with Crippen LogP contribution in [0.1, 0.15) is 71.5 Å². The van der Waals surface area contributed by atoms with Crippen molar-refractivity contribution >= 4 is 56.5 Å². The van der Waals surface area contributed by atoms with E-state index < -0.39 is 0 Å². The maximum absolute atomic E-state index is 3.37. The average molecular weight is 648 g/mol. The molecule has 0 bridgehead atoms. The van der Waals surface area contributed by atoms with Crippen molar-refractivity contribution in [2.24, 2.45) is 0 Å². The first-order valence-corrected chi connectivity index (χ1v) is 13.8. The minimum atomic E-state index is 1.07. The van der Waals surface area contributed by atoms with Gasteiger partial charge in [-0.15, -0.1) is 11.3 Å². The van der Waals surface area contributed by atoms with Crippen molar-refractivity contribution in [1.29, 1.82) is 0 Å². The van der Waals surface area contributed by atoms with Gasteiger partial charge in [-0.3, -0.25) is 0 Å². The third-order valence-corrected chi connectivity index (χ3v) is 9.92. The molecule has 0 aliphatic carbocycles. The molecule has 3 aromatic rings. The van der Waals surface area contributed by atoms with E-state index in [9.17, 15) is 0 Å². The molecule has 0 N–H and O–H groups in total. The Hall–Kier alpha value is -1.28. The van der Waals surface area contributed by atoms with Crippen LogP contribution in [0.15, 0.2) is 48.5 Å². The number of hydrogen-bond acceptors (Lipinski definition) is 1. The molecule has 0 aliphatic heterocycles. The summed E-state index contributed by atoms with van der Waals surface area (Å²) in [6.07, 6.45) is 7.23. The van der Waals surface area contributed by atoms with Crippen molar-refractivity contribution in [3.05, 3.63) is 87.7 Å². The topological polar surface area (TPSA) is 0 Å². The molecular weight excluding hydrogens is 622 g/mol. The molecule has 0 fully saturated rings. The van der Waals surface area contributed by atoms with Crippen LogP contribution in [0.2, 0.25) is 0 Å². The van der Waals surface area contributed by atoms with Crippen LogP contribution in [0.4, 0.5) is 0 Å². The summed E-state index contributed by atoms with van der Waals surface area (Å²) < 4.78 is 2.41. The van der Waals surface area contributed by atoms with E-state index in [2.05, 4.69) is 131 Å². The summed E-state index contributed by atoms with van der Waals surface area (Å²) in [7, 11) is 0. The molecule has 0 amide bonds. The molecular formula is C28H26I2S. The lowest BCUT2D eigenvalue weighted by Gasteiger charge is -1.99. The van der Waals surface area contributed by atoms with Gasteiger partial charge in [0, 0.05) is 11.1 Å². The van der Waals surface area contributed by atoms with E-state index in [4.69, 9.17) is 0 Å². The summed E-state index contributed by atoms with van der Waals surface area (Å²) in [5, 5.41) is 0. The van der Waals surface area contributed by atoms with E-state index in [1.54, 1.807) is 11.3 Å². The fraction of sp³-hybridized carbons (Fsp3) is 0.286. The third-order valence-electron chi connectivity index (χ3n) is 4.98. The van der Waals surface area contributed by atoms with Crippen LogP contribution in [0, 0.1) is 30.8 Å². The Bertz CT molecular complexity index is 1020. The Labute approximate surface area is 218 Å². The highest BCUT2D eigenvalue weighted by Gasteiger charge is 2.11. The van der Waals surface area contributed by atoms with E-state index in [0.717, 1.165) is 33.7 Å². The summed E-state index contributed by atoms with van der Waals surface area (Å²) in [5.74, 6) is 13.4. The summed E-state index contributed by atoms with van der Waals surface area (Å²) >= 11 is 6.48. The molecule has 2 aromatic carbocycles. The molecule has 0 atom stereocenters. The molecule has 0 saturated carbocycles. The standard InChI is InChI=1S/C28H26I2S/c1-3-5-7-21-9-13-23(14-10-21)17-19-25-27(29)28(30)26(31-25)20-18-24-15-11-22(12-16-24)8-6-4-2/h9-16H,3-8H2,1-2H3. The molecule has 3 heteroatoms. The Kier molecular flexibility index (Phi) is 9.96. The van der Waals surface area contributed by atoms with Crippen LogP contribution in [-0.2, 0) is 12.8 Å². The van der Waals surface area contributed by atoms with E-state index in [0.29, 0.717) is 0 Å². The number of halogens is 2. The molecule has 0 radical (unpaired) electrons. The predicted octanol–water partition coefficient (Wildman–Crippen LogP) is 8.44. The van der Waals surface area contributed by atoms with Crippen LogP contribution in [-0.4, -0.2) is 0 Å². The second-order valence-electron chi connectivity index (χ2n) is 7.49. The molecule has 1 heterocycles. The molecule has 0 nitrogen and oxygen atoms in total. The van der Waals surface area contributed by atoms with Crippen LogP contribution in [0.25, 0.3) is 0 Å². The van der Waals surface area contributed by atoms with Gasteiger partial charge in [-0.2, -0.15) is 0 Å². The number of rotatable bonds is 6. The molecule has 31 heavy (non-hydrogen) atoms. The minimum absolute atomic E-state index is 1.07. The molecule has 1 aromatic heterocycles. The number of aryl methyl sites for hydroxylation is 2. The Morgan fingerprint density at radius 3 is 1.35 bits per heavy atom. The predicted molar refractivity (Wildman–Crippen MR) is 152 cm³/mol. The van der Waals surface area contributed by atoms with Crippen LogP contribution in [0.5, 0.6) is 0 Å². The molecule has 0 unspecified atom stereocenters. The lowest BCUT2D eigenvalue weighted by Crippen LogP contribution is -1.84. The first-order valence-electron chi connectivity index (χ1n) is 10.8. The third kappa shape index (κ3) is 7.38. The summed E-state index contributed by atoms with van der Waals surface area (Å²) in [5.41, 5.74) is 4.91. The smallest absolute Gasteiger partial charge is 0.0929 e. The van der Waals surface area contributed by atoms with Gasteiger partial charge in [0.05, 0.1) is 16.9 Å². The van der Waals surface area contributed by atoms with Gasteiger partial charge in [0.25, 0.3) is 0 Å². The number of unbranched alkanes of at least 4 members (excludes halogenated alkanes) is 2. The van der Waals surface area contributed by atoms with Crippen molar-refractivity contribution in [3.8, 4) is 23.7 Å². The quantitative estimate of drug-likeness (QED) is 0.186. The van der Waals surface area contributed by atoms with E-state index >= 15 is 0 Å². The van der Waals surface area contributed by atoms with Crippen LogP contribution < -0.4 is 0 Å². The fourth-order valence-corrected chi connectivity index (χ4v) is 5.71. The summed E-state index contributed by atoms with van der Waals surface area (Å²) in [6.45, 7) is 4.46. The van der Waals surface area contributed by atoms with Gasteiger partial charge < -0.3 is 0 Å². The van der Waals surface area contributed by atoms with Gasteiger partial charge in [0.2, 0.25) is 0 Å². The normalized spacial score (nSPS) is 10.2. The largest absolute Gasteiger partial charge is 0.116 e. The maximum atomic E-state index is 3.37. The fourth-order valence-electron chi connectivity index (χ4n) is 3.08. The first kappa shape index (κ1) is 24.4.